The number of aliphatic imine (C=N–C) groups is 1. The van der Waals surface area contributed by atoms with Gasteiger partial charge in [0, 0.05) is 12.6 Å². The summed E-state index contributed by atoms with van der Waals surface area (Å²) in [4.78, 5) is 14.1. The van der Waals surface area contributed by atoms with Crippen LogP contribution in [0.1, 0.15) is 12.8 Å². The molecule has 0 fully saturated rings. The minimum Gasteiger partial charge on any atom is -0.548 e. The molecule has 0 aliphatic rings. The van der Waals surface area contributed by atoms with Crippen LogP contribution in [0.15, 0.2) is 4.99 Å². The average Bonchev–Trinajstić information content (AvgIpc) is 2.03. The number of carboxylic acid groups (broad SMARTS) is 1. The van der Waals surface area contributed by atoms with Crippen molar-refractivity contribution in [2.75, 3.05) is 13.6 Å². The fraction of sp³-hybridized carbons (Fsp3) is 0.714. The van der Waals surface area contributed by atoms with Gasteiger partial charge in [0.05, 0.1) is 5.97 Å². The molecule has 0 unspecified atom stereocenters. The third kappa shape index (κ3) is 8.31. The van der Waals surface area contributed by atoms with Crippen LogP contribution < -0.4 is 51.4 Å². The molecular weight excluding hydrogens is 195 g/mol. The van der Waals surface area contributed by atoms with Gasteiger partial charge in [-0.25, -0.2) is 0 Å². The molecule has 5 N–H and O–H groups in total. The molecule has 14 heavy (non-hydrogen) atoms. The quantitative estimate of drug-likeness (QED) is 0.175. The predicted octanol–water partition coefficient (Wildman–Crippen LogP) is -5.62. The normalized spacial score (nSPS) is 11.2. The van der Waals surface area contributed by atoms with Gasteiger partial charge >= 0.3 is 29.6 Å². The van der Waals surface area contributed by atoms with Crippen LogP contribution in [0.5, 0.6) is 0 Å². The maximum Gasteiger partial charge on any atom is 1.00 e. The number of nitrogens with one attached hydrogen (secondary N) is 1. The van der Waals surface area contributed by atoms with Crippen LogP contribution in [-0.2, 0) is 4.79 Å². The Morgan fingerprint density at radius 2 is 2.14 bits per heavy atom. The number of nitrogens with zero attached hydrogens (tertiary/aromatic N) is 1. The van der Waals surface area contributed by atoms with E-state index in [0.29, 0.717) is 19.4 Å². The summed E-state index contributed by atoms with van der Waals surface area (Å²) in [5.41, 5.74) is 10.2. The van der Waals surface area contributed by atoms with Gasteiger partial charge in [0.1, 0.15) is 0 Å². The van der Waals surface area contributed by atoms with Crippen molar-refractivity contribution in [1.29, 1.82) is 0 Å². The maximum atomic E-state index is 10.4. The molecule has 6 nitrogen and oxygen atoms in total. The number of likely N-dealkylation sites (N-methyl/N-ethyl adjacent to an activating group) is 1. The van der Waals surface area contributed by atoms with E-state index in [2.05, 4.69) is 10.3 Å². The van der Waals surface area contributed by atoms with Gasteiger partial charge in [-0.15, -0.1) is 0 Å². The third-order valence-electron chi connectivity index (χ3n) is 1.58. The number of hydrogen-bond donors (Lipinski definition) is 3. The molecule has 0 saturated heterocycles. The number of carboxylic acids is 1. The molecule has 0 bridgehead atoms. The first kappa shape index (κ1) is 16.1. The summed E-state index contributed by atoms with van der Waals surface area (Å²) < 4.78 is 0. The van der Waals surface area contributed by atoms with E-state index < -0.39 is 12.0 Å². The first-order chi connectivity index (χ1) is 6.07. The largest absolute Gasteiger partial charge is 1.00 e. The second-order valence-electron chi connectivity index (χ2n) is 2.61. The molecular formula is C7H15N4NaO2. The smallest absolute Gasteiger partial charge is 0.548 e. The summed E-state index contributed by atoms with van der Waals surface area (Å²) in [5.74, 6) is -1.08. The molecule has 0 aromatic rings. The van der Waals surface area contributed by atoms with E-state index in [-0.39, 0.29) is 35.5 Å². The summed E-state index contributed by atoms with van der Waals surface area (Å²) in [7, 11) is 1.57. The molecule has 76 valence electrons. The topological polar surface area (TPSA) is 117 Å². The van der Waals surface area contributed by atoms with Crippen molar-refractivity contribution in [2.24, 2.45) is 16.5 Å². The van der Waals surface area contributed by atoms with Gasteiger partial charge in [-0.2, -0.15) is 0 Å². The Hall–Kier alpha value is -0.300. The fourth-order valence-corrected chi connectivity index (χ4v) is 0.884. The molecule has 1 atom stereocenters. The van der Waals surface area contributed by atoms with Gasteiger partial charge in [-0.05, 0) is 19.9 Å². The van der Waals surface area contributed by atoms with Crippen LogP contribution >= 0.6 is 0 Å². The first-order valence-electron chi connectivity index (χ1n) is 4.01. The Balaban J connectivity index is 0. The Labute approximate surface area is 105 Å². The molecule has 7 heteroatoms. The number of rotatable bonds is 6. The molecule has 0 aromatic carbocycles. The minimum absolute atomic E-state index is 0. The molecule has 0 amide bonds. The Bertz CT molecular complexity index is 194. The van der Waals surface area contributed by atoms with Crippen LogP contribution in [0.2, 0.25) is 0 Å². The van der Waals surface area contributed by atoms with Crippen molar-refractivity contribution in [1.82, 2.24) is 5.32 Å². The van der Waals surface area contributed by atoms with Gasteiger partial charge in [-0.1, -0.05) is 0 Å². The molecule has 0 heterocycles. The number of nitrogens with two attached hydrogens (primary N) is 2. The standard InChI is InChI=1S/C7H16N4O2.Na/c1-10-5(6(12)13)3-2-4-11-7(8)9;/h5,10H,2-4H2,1H3,(H,12,13)(H4,8,9,11);/q;+1/p-1/t5-;/m0./s1. The zero-order chi connectivity index (χ0) is 10.3. The average molecular weight is 210 g/mol. The Kier molecular flexibility index (Phi) is 10.7. The van der Waals surface area contributed by atoms with E-state index in [1.807, 2.05) is 0 Å². The second-order valence-corrected chi connectivity index (χ2v) is 2.61. The Morgan fingerprint density at radius 1 is 1.57 bits per heavy atom. The van der Waals surface area contributed by atoms with Crippen LogP contribution in [0.3, 0.4) is 0 Å². The summed E-state index contributed by atoms with van der Waals surface area (Å²) in [6.45, 7) is 0.438. The number of aliphatic carboxylic acids is 1. The van der Waals surface area contributed by atoms with Gasteiger partial charge in [0.25, 0.3) is 0 Å². The van der Waals surface area contributed by atoms with E-state index in [9.17, 15) is 9.90 Å². The predicted molar refractivity (Wildman–Crippen MR) is 47.8 cm³/mol. The van der Waals surface area contributed by atoms with Gasteiger partial charge in [0.2, 0.25) is 0 Å². The molecule has 0 spiro atoms. The fourth-order valence-electron chi connectivity index (χ4n) is 0.884. The van der Waals surface area contributed by atoms with E-state index >= 15 is 0 Å². The summed E-state index contributed by atoms with van der Waals surface area (Å²) >= 11 is 0. The van der Waals surface area contributed by atoms with Crippen LogP contribution in [0.4, 0.5) is 0 Å². The van der Waals surface area contributed by atoms with Crippen molar-refractivity contribution in [3.63, 3.8) is 0 Å². The molecule has 0 aromatic heterocycles. The maximum absolute atomic E-state index is 10.4. The zero-order valence-electron chi connectivity index (χ0n) is 8.62. The van der Waals surface area contributed by atoms with Crippen molar-refractivity contribution < 1.29 is 39.5 Å². The third-order valence-corrected chi connectivity index (χ3v) is 1.58. The van der Waals surface area contributed by atoms with Gasteiger partial charge in [-0.3, -0.25) is 4.99 Å². The van der Waals surface area contributed by atoms with Gasteiger partial charge in [0.15, 0.2) is 5.96 Å². The summed E-state index contributed by atoms with van der Waals surface area (Å²) in [6.07, 6.45) is 1.06. The molecule has 0 aliphatic heterocycles. The van der Waals surface area contributed by atoms with Gasteiger partial charge < -0.3 is 26.7 Å². The number of carbonyl (C=O) groups is 1. The number of guanidine groups is 1. The van der Waals surface area contributed by atoms with Crippen molar-refractivity contribution in [2.45, 2.75) is 18.9 Å². The van der Waals surface area contributed by atoms with E-state index in [4.69, 9.17) is 11.5 Å². The summed E-state index contributed by atoms with van der Waals surface area (Å²) in [5, 5.41) is 13.0. The monoisotopic (exact) mass is 210 g/mol. The number of hydrogen-bond acceptors (Lipinski definition) is 4. The van der Waals surface area contributed by atoms with Crippen molar-refractivity contribution in [3.8, 4) is 0 Å². The summed E-state index contributed by atoms with van der Waals surface area (Å²) in [6, 6.07) is -0.630. The minimum atomic E-state index is -1.10. The molecule has 0 radical (unpaired) electrons. The van der Waals surface area contributed by atoms with E-state index in [0.717, 1.165) is 0 Å². The second kappa shape index (κ2) is 9.26. The first-order valence-corrected chi connectivity index (χ1v) is 4.01. The zero-order valence-corrected chi connectivity index (χ0v) is 10.6. The van der Waals surface area contributed by atoms with Crippen molar-refractivity contribution in [3.05, 3.63) is 0 Å². The SMILES string of the molecule is CN[C@@H](CCCN=C(N)N)C(=O)[O-].[Na+]. The molecule has 0 rings (SSSR count). The van der Waals surface area contributed by atoms with Crippen molar-refractivity contribution >= 4 is 11.9 Å². The van der Waals surface area contributed by atoms with E-state index in [1.54, 1.807) is 7.05 Å². The van der Waals surface area contributed by atoms with Crippen LogP contribution in [-0.4, -0.2) is 31.6 Å². The van der Waals surface area contributed by atoms with E-state index in [1.165, 1.54) is 0 Å². The van der Waals surface area contributed by atoms with Crippen LogP contribution in [0.25, 0.3) is 0 Å². The van der Waals surface area contributed by atoms with Crippen LogP contribution in [0, 0.1) is 0 Å². The molecule has 0 aliphatic carbocycles. The number of carbonyl (C=O) groups excluding carboxylic acids is 1. The Morgan fingerprint density at radius 3 is 2.50 bits per heavy atom. The molecule has 0 saturated carbocycles.